The van der Waals surface area contributed by atoms with Gasteiger partial charge in [0.1, 0.15) is 17.2 Å². The van der Waals surface area contributed by atoms with Gasteiger partial charge in [-0.2, -0.15) is 0 Å². The van der Waals surface area contributed by atoms with Gasteiger partial charge in [-0.25, -0.2) is 0 Å². The van der Waals surface area contributed by atoms with Crippen molar-refractivity contribution in [3.63, 3.8) is 0 Å². The third-order valence-corrected chi connectivity index (χ3v) is 4.42. The number of hydrogen-bond acceptors (Lipinski definition) is 6. The molecular formula is C19H22N4O4. The van der Waals surface area contributed by atoms with Crippen LogP contribution < -0.4 is 14.8 Å². The molecule has 27 heavy (non-hydrogen) atoms. The lowest BCUT2D eigenvalue weighted by atomic mass is 10.2. The monoisotopic (exact) mass is 370 g/mol. The molecule has 1 aromatic heterocycles. The molecule has 8 nitrogen and oxygen atoms in total. The molecule has 0 spiro atoms. The predicted octanol–water partition coefficient (Wildman–Crippen LogP) is 1.76. The van der Waals surface area contributed by atoms with E-state index >= 15 is 0 Å². The molecule has 142 valence electrons. The van der Waals surface area contributed by atoms with E-state index in [1.165, 1.54) is 0 Å². The van der Waals surface area contributed by atoms with Gasteiger partial charge in [-0.15, -0.1) is 0 Å². The first kappa shape index (κ1) is 18.5. The first-order valence-electron chi connectivity index (χ1n) is 8.58. The zero-order valence-electron chi connectivity index (χ0n) is 15.3. The van der Waals surface area contributed by atoms with E-state index in [-0.39, 0.29) is 5.91 Å². The molecule has 3 rings (SSSR count). The van der Waals surface area contributed by atoms with E-state index in [2.05, 4.69) is 10.3 Å². The van der Waals surface area contributed by atoms with E-state index < -0.39 is 0 Å². The minimum absolute atomic E-state index is 0.147. The molecule has 1 aliphatic heterocycles. The second-order valence-electron chi connectivity index (χ2n) is 6.05. The number of hydrogen-bond donors (Lipinski definition) is 1. The Morgan fingerprint density at radius 1 is 1.11 bits per heavy atom. The minimum atomic E-state index is -0.147. The number of anilines is 2. The first-order chi connectivity index (χ1) is 13.1. The van der Waals surface area contributed by atoms with Crippen molar-refractivity contribution in [1.82, 2.24) is 14.8 Å². The molecule has 2 amide bonds. The van der Waals surface area contributed by atoms with Crippen molar-refractivity contribution >= 4 is 23.7 Å². The molecule has 8 heteroatoms. The molecule has 0 unspecified atom stereocenters. The minimum Gasteiger partial charge on any atom is -0.497 e. The van der Waals surface area contributed by atoms with E-state index in [4.69, 9.17) is 9.47 Å². The molecular weight excluding hydrogens is 348 g/mol. The number of ether oxygens (including phenoxy) is 2. The van der Waals surface area contributed by atoms with Gasteiger partial charge in [0.05, 0.1) is 19.9 Å². The fraction of sp³-hybridized carbons (Fsp3) is 0.316. The zero-order valence-corrected chi connectivity index (χ0v) is 15.3. The van der Waals surface area contributed by atoms with E-state index in [1.807, 2.05) is 12.1 Å². The number of rotatable bonds is 6. The van der Waals surface area contributed by atoms with Crippen molar-refractivity contribution in [2.75, 3.05) is 45.7 Å². The summed E-state index contributed by atoms with van der Waals surface area (Å²) < 4.78 is 10.6. The number of amides is 2. The maximum Gasteiger partial charge on any atom is 0.272 e. The fourth-order valence-electron chi connectivity index (χ4n) is 2.87. The van der Waals surface area contributed by atoms with Gasteiger partial charge in [0.15, 0.2) is 0 Å². The molecule has 0 radical (unpaired) electrons. The number of pyridine rings is 1. The predicted molar refractivity (Wildman–Crippen MR) is 101 cm³/mol. The smallest absolute Gasteiger partial charge is 0.272 e. The second-order valence-corrected chi connectivity index (χ2v) is 6.05. The Hall–Kier alpha value is -3.29. The highest BCUT2D eigenvalue weighted by Crippen LogP contribution is 2.31. The molecule has 1 N–H and O–H groups in total. The molecule has 2 aromatic rings. The number of carbonyl (C=O) groups is 2. The van der Waals surface area contributed by atoms with Crippen LogP contribution in [0, 0.1) is 0 Å². The second kappa shape index (κ2) is 8.39. The lowest BCUT2D eigenvalue weighted by Crippen LogP contribution is -2.48. The summed E-state index contributed by atoms with van der Waals surface area (Å²) in [6.45, 7) is 2.08. The number of nitrogens with zero attached hydrogens (tertiary/aromatic N) is 3. The topological polar surface area (TPSA) is 84.0 Å². The van der Waals surface area contributed by atoms with E-state index in [9.17, 15) is 9.59 Å². The molecule has 0 saturated carbocycles. The Labute approximate surface area is 157 Å². The summed E-state index contributed by atoms with van der Waals surface area (Å²) in [5.41, 5.74) is 1.83. The Morgan fingerprint density at radius 2 is 1.89 bits per heavy atom. The van der Waals surface area contributed by atoms with Crippen LogP contribution in [0.4, 0.5) is 11.4 Å². The van der Waals surface area contributed by atoms with Crippen LogP contribution in [0.5, 0.6) is 11.5 Å². The first-order valence-corrected chi connectivity index (χ1v) is 8.58. The van der Waals surface area contributed by atoms with Gasteiger partial charge in [0, 0.05) is 44.1 Å². The third kappa shape index (κ3) is 4.28. The summed E-state index contributed by atoms with van der Waals surface area (Å²) in [6.07, 6.45) is 2.40. The zero-order chi connectivity index (χ0) is 19.2. The van der Waals surface area contributed by atoms with E-state index in [0.717, 1.165) is 17.8 Å². The van der Waals surface area contributed by atoms with Crippen LogP contribution in [0.1, 0.15) is 10.5 Å². The van der Waals surface area contributed by atoms with Crippen molar-refractivity contribution in [2.45, 2.75) is 0 Å². The van der Waals surface area contributed by atoms with Gasteiger partial charge in [0.2, 0.25) is 6.41 Å². The summed E-state index contributed by atoms with van der Waals surface area (Å²) in [7, 11) is 3.18. The number of benzene rings is 1. The summed E-state index contributed by atoms with van der Waals surface area (Å²) in [6, 6.07) is 8.94. The molecule has 1 fully saturated rings. The number of methoxy groups -OCH3 is 2. The van der Waals surface area contributed by atoms with Gasteiger partial charge in [-0.3, -0.25) is 14.6 Å². The normalized spacial score (nSPS) is 13.9. The van der Waals surface area contributed by atoms with Crippen LogP contribution in [0.15, 0.2) is 36.5 Å². The van der Waals surface area contributed by atoms with Crippen molar-refractivity contribution in [2.24, 2.45) is 0 Å². The van der Waals surface area contributed by atoms with Gasteiger partial charge in [-0.1, -0.05) is 0 Å². The molecule has 1 saturated heterocycles. The third-order valence-electron chi connectivity index (χ3n) is 4.42. The van der Waals surface area contributed by atoms with E-state index in [0.29, 0.717) is 43.4 Å². The Morgan fingerprint density at radius 3 is 2.56 bits per heavy atom. The molecule has 2 heterocycles. The number of nitrogens with one attached hydrogen (secondary N) is 1. The quantitative estimate of drug-likeness (QED) is 0.780. The van der Waals surface area contributed by atoms with Crippen molar-refractivity contribution in [3.05, 3.63) is 42.2 Å². The van der Waals surface area contributed by atoms with Gasteiger partial charge < -0.3 is 24.6 Å². The SMILES string of the molecule is COc1ccc(Nc2ccnc(C(=O)N3CCN(C=O)CC3)c2)c(OC)c1. The number of carbonyl (C=O) groups excluding carboxylic acids is 2. The van der Waals surface area contributed by atoms with Crippen LogP contribution in [0.3, 0.4) is 0 Å². The average Bonchev–Trinajstić information content (AvgIpc) is 2.73. The fourth-order valence-corrected chi connectivity index (χ4v) is 2.87. The number of piperazine rings is 1. The van der Waals surface area contributed by atoms with Crippen LogP contribution >= 0.6 is 0 Å². The summed E-state index contributed by atoms with van der Waals surface area (Å²) >= 11 is 0. The summed E-state index contributed by atoms with van der Waals surface area (Å²) in [4.78, 5) is 31.1. The Kier molecular flexibility index (Phi) is 5.75. The lowest BCUT2D eigenvalue weighted by Gasteiger charge is -2.32. The molecule has 0 bridgehead atoms. The molecule has 1 aromatic carbocycles. The maximum atomic E-state index is 12.7. The maximum absolute atomic E-state index is 12.7. The van der Waals surface area contributed by atoms with Crippen LogP contribution in [0.2, 0.25) is 0 Å². The highest BCUT2D eigenvalue weighted by molar-refractivity contribution is 5.93. The molecule has 0 aliphatic carbocycles. The number of aromatic nitrogens is 1. The van der Waals surface area contributed by atoms with E-state index in [1.54, 1.807) is 48.4 Å². The van der Waals surface area contributed by atoms with Crippen LogP contribution in [-0.4, -0.2) is 67.5 Å². The average molecular weight is 370 g/mol. The highest BCUT2D eigenvalue weighted by atomic mass is 16.5. The highest BCUT2D eigenvalue weighted by Gasteiger charge is 2.22. The standard InChI is InChI=1S/C19H22N4O4/c1-26-15-3-4-16(18(12-15)27-2)21-14-5-6-20-17(11-14)19(25)23-9-7-22(13-24)8-10-23/h3-6,11-13H,7-10H2,1-2H3,(H,20,21). The van der Waals surface area contributed by atoms with Crippen molar-refractivity contribution in [1.29, 1.82) is 0 Å². The van der Waals surface area contributed by atoms with Gasteiger partial charge >= 0.3 is 0 Å². The van der Waals surface area contributed by atoms with Gasteiger partial charge in [-0.05, 0) is 24.3 Å². The summed E-state index contributed by atoms with van der Waals surface area (Å²) in [5.74, 6) is 1.17. The Bertz CT molecular complexity index is 819. The molecule has 1 aliphatic rings. The lowest BCUT2D eigenvalue weighted by molar-refractivity contribution is -0.119. The van der Waals surface area contributed by atoms with Crippen LogP contribution in [-0.2, 0) is 4.79 Å². The van der Waals surface area contributed by atoms with Crippen molar-refractivity contribution < 1.29 is 19.1 Å². The van der Waals surface area contributed by atoms with Crippen LogP contribution in [0.25, 0.3) is 0 Å². The largest absolute Gasteiger partial charge is 0.497 e. The van der Waals surface area contributed by atoms with Gasteiger partial charge in [0.25, 0.3) is 5.91 Å². The molecule has 0 atom stereocenters. The van der Waals surface area contributed by atoms with Crippen molar-refractivity contribution in [3.8, 4) is 11.5 Å². The summed E-state index contributed by atoms with van der Waals surface area (Å²) in [5, 5.41) is 3.24. The Balaban J connectivity index is 1.74.